The maximum atomic E-state index is 14.7. The lowest BCUT2D eigenvalue weighted by atomic mass is 9.94. The van der Waals surface area contributed by atoms with Crippen LogP contribution in [0.3, 0.4) is 0 Å². The highest BCUT2D eigenvalue weighted by atomic mass is 35.5. The number of sulfonamides is 1. The predicted molar refractivity (Wildman–Crippen MR) is 193 cm³/mol. The molecule has 48 heavy (non-hydrogen) atoms. The minimum Gasteiger partial charge on any atom is -0.352 e. The van der Waals surface area contributed by atoms with Crippen LogP contribution in [0.25, 0.3) is 0 Å². The minimum absolute atomic E-state index is 0.00210. The average molecular weight is 727 g/mol. The van der Waals surface area contributed by atoms with Crippen LogP contribution in [0, 0.1) is 6.92 Å². The van der Waals surface area contributed by atoms with Crippen LogP contribution in [0.5, 0.6) is 0 Å². The Morgan fingerprint density at radius 2 is 1.50 bits per heavy atom. The van der Waals surface area contributed by atoms with Crippen LogP contribution in [0.1, 0.15) is 48.8 Å². The molecule has 1 N–H and O–H groups in total. The van der Waals surface area contributed by atoms with E-state index in [2.05, 4.69) is 5.32 Å². The largest absolute Gasteiger partial charge is 0.352 e. The van der Waals surface area contributed by atoms with E-state index in [0.717, 1.165) is 47.5 Å². The van der Waals surface area contributed by atoms with E-state index in [1.54, 1.807) is 30.3 Å². The number of hydrogen-bond donors (Lipinski definition) is 1. The highest BCUT2D eigenvalue weighted by Gasteiger charge is 2.35. The van der Waals surface area contributed by atoms with E-state index in [4.69, 9.17) is 34.8 Å². The Morgan fingerprint density at radius 1 is 0.812 bits per heavy atom. The van der Waals surface area contributed by atoms with Gasteiger partial charge in [0.25, 0.3) is 10.0 Å². The van der Waals surface area contributed by atoms with Crippen molar-refractivity contribution in [1.82, 2.24) is 10.2 Å². The Bertz CT molecular complexity index is 1830. The molecule has 11 heteroatoms. The van der Waals surface area contributed by atoms with Crippen LogP contribution in [0.2, 0.25) is 15.1 Å². The Morgan fingerprint density at radius 3 is 2.17 bits per heavy atom. The molecular weight excluding hydrogens is 689 g/mol. The maximum Gasteiger partial charge on any atom is 0.264 e. The van der Waals surface area contributed by atoms with Gasteiger partial charge < -0.3 is 10.2 Å². The monoisotopic (exact) mass is 725 g/mol. The molecule has 0 bridgehead atoms. The number of nitrogens with zero attached hydrogens (tertiary/aromatic N) is 2. The summed E-state index contributed by atoms with van der Waals surface area (Å²) >= 11 is 18.9. The Balaban J connectivity index is 1.58. The maximum absolute atomic E-state index is 14.7. The zero-order valence-electron chi connectivity index (χ0n) is 26.6. The molecule has 0 heterocycles. The first-order valence-corrected chi connectivity index (χ1v) is 18.5. The first kappa shape index (κ1) is 35.7. The van der Waals surface area contributed by atoms with E-state index in [-0.39, 0.29) is 45.5 Å². The van der Waals surface area contributed by atoms with Crippen molar-refractivity contribution in [2.75, 3.05) is 10.8 Å². The van der Waals surface area contributed by atoms with Crippen molar-refractivity contribution in [2.24, 2.45) is 0 Å². The second-order valence-electron chi connectivity index (χ2n) is 12.1. The van der Waals surface area contributed by atoms with Crippen LogP contribution in [-0.4, -0.2) is 43.8 Å². The first-order valence-electron chi connectivity index (χ1n) is 15.9. The SMILES string of the molecule is Cc1ccc(S(=O)(=O)N(CC(=O)N(Cc2cccc(Cl)c2)[C@H](Cc2ccccc2)C(=O)NC2CCCCC2)c2ccc(Cl)c(Cl)c2)cc1. The molecule has 2 amide bonds. The Labute approximate surface area is 297 Å². The zero-order chi connectivity index (χ0) is 34.3. The molecule has 0 unspecified atom stereocenters. The van der Waals surface area contributed by atoms with Crippen molar-refractivity contribution in [1.29, 1.82) is 0 Å². The lowest BCUT2D eigenvalue weighted by molar-refractivity contribution is -0.140. The van der Waals surface area contributed by atoms with Gasteiger partial charge in [0.1, 0.15) is 12.6 Å². The van der Waals surface area contributed by atoms with Gasteiger partial charge in [-0.25, -0.2) is 8.42 Å². The first-order chi connectivity index (χ1) is 23.0. The van der Waals surface area contributed by atoms with Crippen molar-refractivity contribution in [2.45, 2.75) is 69.0 Å². The molecule has 0 spiro atoms. The van der Waals surface area contributed by atoms with Gasteiger partial charge in [-0.1, -0.05) is 114 Å². The summed E-state index contributed by atoms with van der Waals surface area (Å²) in [6.07, 6.45) is 5.13. The van der Waals surface area contributed by atoms with Gasteiger partial charge in [0.2, 0.25) is 11.8 Å². The molecule has 5 rings (SSSR count). The summed E-state index contributed by atoms with van der Waals surface area (Å²) in [5.74, 6) is -0.861. The summed E-state index contributed by atoms with van der Waals surface area (Å²) in [4.78, 5) is 30.4. The molecule has 7 nitrogen and oxygen atoms in total. The smallest absolute Gasteiger partial charge is 0.264 e. The number of hydrogen-bond acceptors (Lipinski definition) is 4. The minimum atomic E-state index is -4.27. The Kier molecular flexibility index (Phi) is 12.1. The molecule has 1 aliphatic rings. The van der Waals surface area contributed by atoms with E-state index in [1.807, 2.05) is 43.3 Å². The summed E-state index contributed by atoms with van der Waals surface area (Å²) in [6.45, 7) is 1.28. The summed E-state index contributed by atoms with van der Waals surface area (Å²) in [5, 5.41) is 4.06. The summed E-state index contributed by atoms with van der Waals surface area (Å²) < 4.78 is 29.5. The lowest BCUT2D eigenvalue weighted by Crippen LogP contribution is -2.55. The van der Waals surface area contributed by atoms with Gasteiger partial charge in [0, 0.05) is 24.0 Å². The second kappa shape index (κ2) is 16.2. The third-order valence-electron chi connectivity index (χ3n) is 8.54. The van der Waals surface area contributed by atoms with Gasteiger partial charge in [0.05, 0.1) is 20.6 Å². The third-order valence-corrected chi connectivity index (χ3v) is 11.3. The van der Waals surface area contributed by atoms with Crippen molar-refractivity contribution < 1.29 is 18.0 Å². The Hall–Kier alpha value is -3.56. The van der Waals surface area contributed by atoms with Crippen molar-refractivity contribution in [3.63, 3.8) is 0 Å². The van der Waals surface area contributed by atoms with Gasteiger partial charge in [-0.05, 0) is 73.4 Å². The van der Waals surface area contributed by atoms with Crippen LogP contribution in [0.15, 0.2) is 102 Å². The van der Waals surface area contributed by atoms with Crippen LogP contribution in [-0.2, 0) is 32.6 Å². The van der Waals surface area contributed by atoms with E-state index in [0.29, 0.717) is 10.6 Å². The topological polar surface area (TPSA) is 86.8 Å². The number of amides is 2. The molecule has 4 aromatic rings. The number of benzene rings is 4. The molecule has 0 saturated heterocycles. The van der Waals surface area contributed by atoms with Gasteiger partial charge in [-0.2, -0.15) is 0 Å². The molecule has 1 atom stereocenters. The zero-order valence-corrected chi connectivity index (χ0v) is 29.7. The van der Waals surface area contributed by atoms with E-state index in [9.17, 15) is 18.0 Å². The van der Waals surface area contributed by atoms with Gasteiger partial charge in [-0.3, -0.25) is 13.9 Å². The van der Waals surface area contributed by atoms with Crippen LogP contribution >= 0.6 is 34.8 Å². The van der Waals surface area contributed by atoms with Crippen molar-refractivity contribution in [3.05, 3.63) is 129 Å². The standard InChI is InChI=1S/C37H38Cl3N3O4S/c1-26-15-18-32(19-16-26)48(46,47)43(31-17-20-33(39)34(40)23-31)25-36(44)42(24-28-11-8-12-29(38)21-28)35(22-27-9-4-2-5-10-27)37(45)41-30-13-6-3-7-14-30/h2,4-5,8-12,15-21,23,30,35H,3,6-7,13-14,22,24-25H2,1H3,(H,41,45)/t35-/m1/s1. The molecule has 0 radical (unpaired) electrons. The third kappa shape index (κ3) is 9.11. The van der Waals surface area contributed by atoms with Gasteiger partial charge in [-0.15, -0.1) is 0 Å². The quantitative estimate of drug-likeness (QED) is 0.159. The molecule has 4 aromatic carbocycles. The summed E-state index contributed by atoms with van der Waals surface area (Å²) in [6, 6.07) is 26.4. The van der Waals surface area contributed by atoms with E-state index >= 15 is 0 Å². The van der Waals surface area contributed by atoms with Crippen molar-refractivity contribution >= 4 is 62.3 Å². The predicted octanol–water partition coefficient (Wildman–Crippen LogP) is 8.24. The number of halogens is 3. The highest BCUT2D eigenvalue weighted by molar-refractivity contribution is 7.92. The fourth-order valence-corrected chi connectivity index (χ4v) is 7.85. The fourth-order valence-electron chi connectivity index (χ4n) is 5.94. The summed E-state index contributed by atoms with van der Waals surface area (Å²) in [5.41, 5.74) is 2.60. The fraction of sp³-hybridized carbons (Fsp3) is 0.297. The van der Waals surface area contributed by atoms with Gasteiger partial charge in [0.15, 0.2) is 0 Å². The van der Waals surface area contributed by atoms with Gasteiger partial charge >= 0.3 is 0 Å². The number of aryl methyl sites for hydroxylation is 1. The molecule has 1 fully saturated rings. The van der Waals surface area contributed by atoms with E-state index < -0.39 is 28.5 Å². The molecule has 1 aliphatic carbocycles. The normalized spacial score (nSPS) is 14.2. The van der Waals surface area contributed by atoms with Crippen LogP contribution in [0.4, 0.5) is 5.69 Å². The lowest BCUT2D eigenvalue weighted by Gasteiger charge is -2.35. The molecule has 0 aliphatic heterocycles. The van der Waals surface area contributed by atoms with Crippen molar-refractivity contribution in [3.8, 4) is 0 Å². The molecule has 0 aromatic heterocycles. The van der Waals surface area contributed by atoms with Crippen LogP contribution < -0.4 is 9.62 Å². The number of nitrogens with one attached hydrogen (secondary N) is 1. The average Bonchev–Trinajstić information content (AvgIpc) is 3.07. The highest BCUT2D eigenvalue weighted by Crippen LogP contribution is 2.31. The van der Waals surface area contributed by atoms with E-state index in [1.165, 1.54) is 35.2 Å². The molecule has 1 saturated carbocycles. The summed E-state index contributed by atoms with van der Waals surface area (Å²) in [7, 11) is -4.27. The molecule has 252 valence electrons. The number of carbonyl (C=O) groups excluding carboxylic acids is 2. The number of anilines is 1. The number of carbonyl (C=O) groups is 2. The number of rotatable bonds is 12. The molecular formula is C37H38Cl3N3O4S. The second-order valence-corrected chi connectivity index (χ2v) is 15.2.